The lowest BCUT2D eigenvalue weighted by atomic mass is 10.2. The first-order valence-corrected chi connectivity index (χ1v) is 10.9. The van der Waals surface area contributed by atoms with Crippen LogP contribution >= 0.6 is 11.3 Å². The maximum atomic E-state index is 5.99. The number of aromatic nitrogens is 2. The number of ether oxygens (including phenoxy) is 3. The van der Waals surface area contributed by atoms with E-state index in [4.69, 9.17) is 24.2 Å². The Hall–Kier alpha value is -1.32. The van der Waals surface area contributed by atoms with Gasteiger partial charge in [0, 0.05) is 30.6 Å². The maximum absolute atomic E-state index is 5.99. The molecule has 2 saturated heterocycles. The van der Waals surface area contributed by atoms with Gasteiger partial charge in [0.25, 0.3) is 0 Å². The van der Waals surface area contributed by atoms with Gasteiger partial charge in [-0.1, -0.05) is 0 Å². The summed E-state index contributed by atoms with van der Waals surface area (Å²) in [5, 5.41) is 4.73. The summed E-state index contributed by atoms with van der Waals surface area (Å²) in [6, 6.07) is 0.162. The van der Waals surface area contributed by atoms with Crippen LogP contribution in [0.4, 0.5) is 5.82 Å². The van der Waals surface area contributed by atoms with Crippen LogP contribution < -0.4 is 5.32 Å². The predicted molar refractivity (Wildman–Crippen MR) is 111 cm³/mol. The third kappa shape index (κ3) is 4.63. The first-order valence-electron chi connectivity index (χ1n) is 10.1. The van der Waals surface area contributed by atoms with Gasteiger partial charge in [0.15, 0.2) is 0 Å². The van der Waals surface area contributed by atoms with Crippen molar-refractivity contribution in [3.8, 4) is 0 Å². The number of fused-ring (bicyclic) bond motifs is 1. The van der Waals surface area contributed by atoms with Crippen LogP contribution in [0.25, 0.3) is 10.2 Å². The van der Waals surface area contributed by atoms with E-state index in [9.17, 15) is 0 Å². The summed E-state index contributed by atoms with van der Waals surface area (Å²) in [4.78, 5) is 14.5. The third-order valence-corrected chi connectivity index (χ3v) is 6.50. The molecule has 0 spiro atoms. The summed E-state index contributed by atoms with van der Waals surface area (Å²) in [6.07, 6.45) is 1.20. The molecule has 1 N–H and O–H groups in total. The van der Waals surface area contributed by atoms with E-state index in [0.717, 1.165) is 67.7 Å². The molecule has 0 aliphatic carbocycles. The number of aryl methyl sites for hydroxylation is 2. The van der Waals surface area contributed by atoms with E-state index in [0.29, 0.717) is 13.2 Å². The Balaban J connectivity index is 1.51. The average molecular weight is 407 g/mol. The van der Waals surface area contributed by atoms with Crippen molar-refractivity contribution in [2.45, 2.75) is 45.9 Å². The van der Waals surface area contributed by atoms with Crippen molar-refractivity contribution in [3.63, 3.8) is 0 Å². The van der Waals surface area contributed by atoms with Crippen molar-refractivity contribution in [2.75, 3.05) is 51.4 Å². The van der Waals surface area contributed by atoms with Gasteiger partial charge in [-0.25, -0.2) is 9.97 Å². The van der Waals surface area contributed by atoms with Gasteiger partial charge in [0.1, 0.15) is 16.5 Å². The highest BCUT2D eigenvalue weighted by atomic mass is 32.1. The van der Waals surface area contributed by atoms with E-state index >= 15 is 0 Å². The van der Waals surface area contributed by atoms with Crippen LogP contribution in [0.1, 0.15) is 29.6 Å². The van der Waals surface area contributed by atoms with Gasteiger partial charge in [0.2, 0.25) is 0 Å². The lowest BCUT2D eigenvalue weighted by Gasteiger charge is -2.26. The van der Waals surface area contributed by atoms with E-state index in [1.165, 1.54) is 10.4 Å². The molecule has 2 atom stereocenters. The molecule has 0 bridgehead atoms. The molecular weight excluding hydrogens is 376 g/mol. The van der Waals surface area contributed by atoms with E-state index in [2.05, 4.69) is 31.0 Å². The van der Waals surface area contributed by atoms with Crippen LogP contribution in [0.3, 0.4) is 0 Å². The molecule has 154 valence electrons. The number of morpholine rings is 1. The zero-order chi connectivity index (χ0) is 19.5. The van der Waals surface area contributed by atoms with Gasteiger partial charge >= 0.3 is 0 Å². The number of rotatable bonds is 7. The summed E-state index contributed by atoms with van der Waals surface area (Å²) < 4.78 is 16.8. The molecule has 2 aliphatic heterocycles. The average Bonchev–Trinajstić information content (AvgIpc) is 3.29. The number of nitrogens with zero attached hydrogens (tertiary/aromatic N) is 3. The number of nitrogens with one attached hydrogen (secondary N) is 1. The second-order valence-corrected chi connectivity index (χ2v) is 8.91. The van der Waals surface area contributed by atoms with Gasteiger partial charge < -0.3 is 19.5 Å². The number of hydrogen-bond acceptors (Lipinski definition) is 8. The van der Waals surface area contributed by atoms with Crippen LogP contribution in [0.15, 0.2) is 0 Å². The number of thiophene rings is 1. The topological polar surface area (TPSA) is 68.7 Å². The Labute approximate surface area is 170 Å². The molecule has 0 saturated carbocycles. The molecule has 2 aromatic heterocycles. The molecule has 0 aromatic carbocycles. The van der Waals surface area contributed by atoms with Crippen molar-refractivity contribution in [1.82, 2.24) is 14.9 Å². The Kier molecular flexibility index (Phi) is 6.42. The summed E-state index contributed by atoms with van der Waals surface area (Å²) >= 11 is 1.75. The van der Waals surface area contributed by atoms with Gasteiger partial charge in [-0.05, 0) is 32.8 Å². The fourth-order valence-corrected chi connectivity index (χ4v) is 4.68. The highest BCUT2D eigenvalue weighted by Gasteiger charge is 2.20. The number of anilines is 1. The minimum atomic E-state index is 0.162. The zero-order valence-electron chi connectivity index (χ0n) is 17.0. The van der Waals surface area contributed by atoms with E-state index in [-0.39, 0.29) is 12.1 Å². The molecule has 2 fully saturated rings. The molecule has 4 rings (SSSR count). The first-order chi connectivity index (χ1) is 13.6. The fraction of sp³-hybridized carbons (Fsp3) is 0.700. The fourth-order valence-electron chi connectivity index (χ4n) is 3.63. The van der Waals surface area contributed by atoms with E-state index in [1.807, 2.05) is 0 Å². The molecule has 2 aromatic rings. The molecule has 8 heteroatoms. The normalized spacial score (nSPS) is 22.0. The third-order valence-electron chi connectivity index (χ3n) is 5.40. The van der Waals surface area contributed by atoms with Crippen LogP contribution in [-0.4, -0.2) is 73.1 Å². The van der Waals surface area contributed by atoms with Crippen molar-refractivity contribution < 1.29 is 14.2 Å². The van der Waals surface area contributed by atoms with Crippen LogP contribution in [0.2, 0.25) is 0 Å². The molecule has 2 aliphatic rings. The van der Waals surface area contributed by atoms with Crippen molar-refractivity contribution >= 4 is 27.4 Å². The van der Waals surface area contributed by atoms with Crippen molar-refractivity contribution in [3.05, 3.63) is 16.3 Å². The maximum Gasteiger partial charge on any atom is 0.146 e. The summed E-state index contributed by atoms with van der Waals surface area (Å²) in [5.41, 5.74) is 1.26. The molecule has 2 unspecified atom stereocenters. The van der Waals surface area contributed by atoms with Gasteiger partial charge in [-0.2, -0.15) is 0 Å². The number of hydrogen-bond donors (Lipinski definition) is 1. The lowest BCUT2D eigenvalue weighted by molar-refractivity contribution is 0.0331. The Bertz CT molecular complexity index is 800. The van der Waals surface area contributed by atoms with Gasteiger partial charge in [0.05, 0.1) is 44.5 Å². The minimum Gasteiger partial charge on any atom is -0.379 e. The summed E-state index contributed by atoms with van der Waals surface area (Å²) in [6.45, 7) is 12.8. The quantitative estimate of drug-likeness (QED) is 0.758. The SMILES string of the molecule is Cc1sc2nc(CN3CCOCC3)nc(NC(C)COC3CCOC3)c2c1C. The standard InChI is InChI=1S/C20H30N4O3S/c1-13(11-27-16-4-7-26-12-16)21-19-18-14(2)15(3)28-20(18)23-17(22-19)10-24-5-8-25-9-6-24/h13,16H,4-12H2,1-3H3,(H,21,22,23). The van der Waals surface area contributed by atoms with Gasteiger partial charge in [-0.15, -0.1) is 11.3 Å². The molecule has 7 nitrogen and oxygen atoms in total. The van der Waals surface area contributed by atoms with E-state index in [1.54, 1.807) is 11.3 Å². The van der Waals surface area contributed by atoms with Crippen LogP contribution in [-0.2, 0) is 20.8 Å². The minimum absolute atomic E-state index is 0.162. The summed E-state index contributed by atoms with van der Waals surface area (Å²) in [5.74, 6) is 1.80. The van der Waals surface area contributed by atoms with Crippen molar-refractivity contribution in [2.24, 2.45) is 0 Å². The Morgan fingerprint density at radius 3 is 2.79 bits per heavy atom. The van der Waals surface area contributed by atoms with Crippen molar-refractivity contribution in [1.29, 1.82) is 0 Å². The molecule has 0 amide bonds. The van der Waals surface area contributed by atoms with Crippen LogP contribution in [0, 0.1) is 13.8 Å². The highest BCUT2D eigenvalue weighted by molar-refractivity contribution is 7.18. The molecule has 4 heterocycles. The molecular formula is C20H30N4O3S. The predicted octanol–water partition coefficient (Wildman–Crippen LogP) is 2.75. The van der Waals surface area contributed by atoms with Gasteiger partial charge in [-0.3, -0.25) is 4.90 Å². The Morgan fingerprint density at radius 2 is 2.04 bits per heavy atom. The monoisotopic (exact) mass is 406 g/mol. The molecule has 0 radical (unpaired) electrons. The van der Waals surface area contributed by atoms with E-state index < -0.39 is 0 Å². The Morgan fingerprint density at radius 1 is 1.21 bits per heavy atom. The summed E-state index contributed by atoms with van der Waals surface area (Å²) in [7, 11) is 0. The smallest absolute Gasteiger partial charge is 0.146 e. The molecule has 28 heavy (non-hydrogen) atoms. The zero-order valence-corrected chi connectivity index (χ0v) is 17.8. The second-order valence-electron chi connectivity index (χ2n) is 7.70. The largest absolute Gasteiger partial charge is 0.379 e. The second kappa shape index (κ2) is 9.00. The van der Waals surface area contributed by atoms with Crippen LogP contribution in [0.5, 0.6) is 0 Å². The highest BCUT2D eigenvalue weighted by Crippen LogP contribution is 2.33. The first kappa shape index (κ1) is 20.0. The lowest BCUT2D eigenvalue weighted by Crippen LogP contribution is -2.36.